The van der Waals surface area contributed by atoms with Crippen LogP contribution in [-0.4, -0.2) is 39.5 Å². The summed E-state index contributed by atoms with van der Waals surface area (Å²) < 4.78 is 5.14. The van der Waals surface area contributed by atoms with Crippen molar-refractivity contribution in [1.82, 2.24) is 15.5 Å². The van der Waals surface area contributed by atoms with E-state index in [0.717, 1.165) is 5.56 Å². The van der Waals surface area contributed by atoms with Crippen LogP contribution in [0.2, 0.25) is 0 Å². The second-order valence-corrected chi connectivity index (χ2v) is 10.1. The number of aromatic amines is 1. The van der Waals surface area contributed by atoms with Gasteiger partial charge in [-0.05, 0) is 63.6 Å². The third-order valence-corrected chi connectivity index (χ3v) is 5.75. The zero-order valence-corrected chi connectivity index (χ0v) is 22.0. The fraction of sp³-hybridized carbons (Fsp3) is 0.296. The van der Waals surface area contributed by atoms with Crippen LogP contribution < -0.4 is 32.1 Å². The summed E-state index contributed by atoms with van der Waals surface area (Å²) in [6.45, 7) is 7.13. The van der Waals surface area contributed by atoms with E-state index in [4.69, 9.17) is 4.74 Å². The molecule has 0 aliphatic heterocycles. The Bertz CT molecular complexity index is 1590. The van der Waals surface area contributed by atoms with Gasteiger partial charge in [0.1, 0.15) is 22.7 Å². The van der Waals surface area contributed by atoms with E-state index >= 15 is 0 Å². The Hall–Kier alpha value is -4.87. The Labute approximate surface area is 223 Å². The van der Waals surface area contributed by atoms with Gasteiger partial charge in [-0.3, -0.25) is 19.5 Å². The Morgan fingerprint density at radius 2 is 1.82 bits per heavy atom. The fourth-order valence-corrected chi connectivity index (χ4v) is 3.86. The van der Waals surface area contributed by atoms with Crippen LogP contribution in [0.5, 0.6) is 5.75 Å². The Balaban J connectivity index is 1.42. The Kier molecular flexibility index (Phi) is 7.56. The molecular formula is C27H30N6O6. The van der Waals surface area contributed by atoms with Gasteiger partial charge in [0, 0.05) is 30.1 Å². The van der Waals surface area contributed by atoms with Gasteiger partial charge >= 0.3 is 6.09 Å². The van der Waals surface area contributed by atoms with E-state index < -0.39 is 22.6 Å². The number of ether oxygens (including phenoxy) is 1. The van der Waals surface area contributed by atoms with Crippen molar-refractivity contribution in [3.05, 3.63) is 68.5 Å². The van der Waals surface area contributed by atoms with Gasteiger partial charge in [-0.1, -0.05) is 12.1 Å². The van der Waals surface area contributed by atoms with Gasteiger partial charge in [-0.2, -0.15) is 5.10 Å². The third kappa shape index (κ3) is 6.53. The van der Waals surface area contributed by atoms with Crippen LogP contribution in [0.15, 0.2) is 52.1 Å². The number of H-pyrrole nitrogens is 1. The molecule has 0 bridgehead atoms. The largest absolute Gasteiger partial charge is 0.508 e. The zero-order valence-electron chi connectivity index (χ0n) is 22.0. The number of alkyl carbamates (subject to hydrolysis) is 1. The number of phenolic OH excluding ortho intramolecular Hbond substituents is 1. The van der Waals surface area contributed by atoms with Crippen molar-refractivity contribution in [3.8, 4) is 5.75 Å². The minimum atomic E-state index is -0.654. The molecule has 12 nitrogen and oxygen atoms in total. The molecule has 4 rings (SSSR count). The molecule has 2 amide bonds. The summed E-state index contributed by atoms with van der Waals surface area (Å²) in [5, 5.41) is 28.5. The first-order chi connectivity index (χ1) is 18.4. The maximum absolute atomic E-state index is 12.4. The number of fused-ring (bicyclic) bond motifs is 1. The summed E-state index contributed by atoms with van der Waals surface area (Å²) in [6.07, 6.45) is -0.610. The lowest BCUT2D eigenvalue weighted by Crippen LogP contribution is -2.37. The normalized spacial score (nSPS) is 12.2. The van der Waals surface area contributed by atoms with Crippen molar-refractivity contribution in [2.24, 2.45) is 0 Å². The second-order valence-electron chi connectivity index (χ2n) is 10.1. The number of benzene rings is 2. The van der Waals surface area contributed by atoms with Crippen molar-refractivity contribution in [1.29, 1.82) is 0 Å². The predicted octanol–water partition coefficient (Wildman–Crippen LogP) is 3.63. The highest BCUT2D eigenvalue weighted by molar-refractivity contribution is 6.01. The Morgan fingerprint density at radius 3 is 2.54 bits per heavy atom. The van der Waals surface area contributed by atoms with Gasteiger partial charge in [0.2, 0.25) is 5.91 Å². The van der Waals surface area contributed by atoms with Crippen LogP contribution in [0.1, 0.15) is 45.7 Å². The van der Waals surface area contributed by atoms with Crippen LogP contribution in [0, 0.1) is 0 Å². The number of nitrogens with zero attached hydrogens (tertiary/aromatic N) is 1. The van der Waals surface area contributed by atoms with Crippen LogP contribution in [0.3, 0.4) is 0 Å². The number of carbonyl (C=O) groups is 2. The molecule has 0 aliphatic rings. The molecule has 1 aromatic heterocycles. The fourth-order valence-electron chi connectivity index (χ4n) is 3.86. The van der Waals surface area contributed by atoms with Crippen LogP contribution in [-0.2, 0) is 9.53 Å². The minimum absolute atomic E-state index is 0.00143. The van der Waals surface area contributed by atoms with Crippen molar-refractivity contribution < 1.29 is 19.4 Å². The number of amides is 2. The highest BCUT2D eigenvalue weighted by Crippen LogP contribution is 2.29. The van der Waals surface area contributed by atoms with Gasteiger partial charge in [0.05, 0.1) is 5.52 Å². The number of aromatic hydroxyl groups is 1. The smallest absolute Gasteiger partial charge is 0.407 e. The topological polar surface area (TPSA) is 175 Å². The van der Waals surface area contributed by atoms with Crippen LogP contribution >= 0.6 is 0 Å². The Morgan fingerprint density at radius 1 is 1.08 bits per heavy atom. The molecular weight excluding hydrogens is 504 g/mol. The van der Waals surface area contributed by atoms with Gasteiger partial charge in [0.25, 0.3) is 10.9 Å². The van der Waals surface area contributed by atoms with Gasteiger partial charge < -0.3 is 31.1 Å². The molecule has 3 aromatic carbocycles. The highest BCUT2D eigenvalue weighted by Gasteiger charge is 2.23. The molecule has 0 fully saturated rings. The predicted molar refractivity (Wildman–Crippen MR) is 148 cm³/mol. The molecule has 1 atom stereocenters. The highest BCUT2D eigenvalue weighted by atomic mass is 16.6. The molecule has 4 aromatic rings. The molecule has 6 N–H and O–H groups in total. The lowest BCUT2D eigenvalue weighted by atomic mass is 10.1. The monoisotopic (exact) mass is 534 g/mol. The third-order valence-electron chi connectivity index (χ3n) is 5.75. The molecule has 0 radical (unpaired) electrons. The molecule has 1 heterocycles. The number of aromatic nitrogens is 2. The molecule has 0 unspecified atom stereocenters. The van der Waals surface area contributed by atoms with E-state index in [1.165, 1.54) is 0 Å². The van der Waals surface area contributed by atoms with Gasteiger partial charge in [-0.25, -0.2) is 4.79 Å². The summed E-state index contributed by atoms with van der Waals surface area (Å²) in [5.74, 6) is 0.00425. The molecule has 0 spiro atoms. The quantitative estimate of drug-likeness (QED) is 0.175. The minimum Gasteiger partial charge on any atom is -0.508 e. The van der Waals surface area contributed by atoms with Crippen LogP contribution in [0.4, 0.5) is 27.7 Å². The molecule has 39 heavy (non-hydrogen) atoms. The summed E-state index contributed by atoms with van der Waals surface area (Å²) >= 11 is 0. The summed E-state index contributed by atoms with van der Waals surface area (Å²) in [5.41, 5.74) is 0.231. The maximum atomic E-state index is 12.4. The standard InChI is InChI=1S/C27H30N6O6/c1-14(15-6-5-7-17(34)12-15)29-21-22(24(37)23(21)36)30-16-8-9-19-18(13-16)25(33-32-19)31-20(35)10-11-28-26(38)39-27(2,3)4/h5-9,12-14,29-30,34H,10-11H2,1-4H3,(H,28,38)(H2,31,32,33,35)/t14-/m1/s1. The number of phenols is 1. The number of nitrogens with one attached hydrogen (secondary N) is 5. The summed E-state index contributed by atoms with van der Waals surface area (Å²) in [4.78, 5) is 48.8. The van der Waals surface area contributed by atoms with Crippen molar-refractivity contribution in [2.45, 2.75) is 45.8 Å². The van der Waals surface area contributed by atoms with E-state index in [9.17, 15) is 24.3 Å². The lowest BCUT2D eigenvalue weighted by molar-refractivity contribution is -0.116. The van der Waals surface area contributed by atoms with E-state index in [-0.39, 0.29) is 47.9 Å². The van der Waals surface area contributed by atoms with Crippen molar-refractivity contribution >= 4 is 45.8 Å². The average molecular weight is 535 g/mol. The first-order valence-electron chi connectivity index (χ1n) is 12.3. The number of anilines is 4. The van der Waals surface area contributed by atoms with E-state index in [1.54, 1.807) is 63.2 Å². The zero-order chi connectivity index (χ0) is 28.3. The van der Waals surface area contributed by atoms with E-state index in [1.807, 2.05) is 6.92 Å². The van der Waals surface area contributed by atoms with Crippen LogP contribution in [0.25, 0.3) is 10.9 Å². The maximum Gasteiger partial charge on any atom is 0.407 e. The summed E-state index contributed by atoms with van der Waals surface area (Å²) in [6, 6.07) is 11.4. The number of rotatable bonds is 9. The first-order valence-corrected chi connectivity index (χ1v) is 12.3. The average Bonchev–Trinajstić information content (AvgIpc) is 3.26. The van der Waals surface area contributed by atoms with E-state index in [2.05, 4.69) is 31.5 Å². The number of hydrogen-bond donors (Lipinski definition) is 6. The van der Waals surface area contributed by atoms with Gasteiger partial charge in [-0.15, -0.1) is 0 Å². The van der Waals surface area contributed by atoms with E-state index in [0.29, 0.717) is 16.6 Å². The second kappa shape index (κ2) is 10.9. The SMILES string of the molecule is C[C@@H](Nc1c(Nc2ccc3[nH]nc(NC(=O)CCNC(=O)OC(C)(C)C)c3c2)c(=O)c1=O)c1cccc(O)c1. The molecule has 0 saturated heterocycles. The molecule has 12 heteroatoms. The number of carbonyl (C=O) groups excluding carboxylic acids is 2. The number of hydrogen-bond acceptors (Lipinski definition) is 9. The molecule has 0 saturated carbocycles. The van der Waals surface area contributed by atoms with Crippen molar-refractivity contribution in [3.63, 3.8) is 0 Å². The molecule has 0 aliphatic carbocycles. The lowest BCUT2D eigenvalue weighted by Gasteiger charge is -2.20. The first kappa shape index (κ1) is 27.2. The molecule has 204 valence electrons. The van der Waals surface area contributed by atoms with Crippen molar-refractivity contribution in [2.75, 3.05) is 22.5 Å². The van der Waals surface area contributed by atoms with Gasteiger partial charge in [0.15, 0.2) is 5.82 Å². The summed E-state index contributed by atoms with van der Waals surface area (Å²) in [7, 11) is 0.